The Morgan fingerprint density at radius 3 is 2.31 bits per heavy atom. The molecule has 0 bridgehead atoms. The summed E-state index contributed by atoms with van der Waals surface area (Å²) < 4.78 is 68.7. The van der Waals surface area contributed by atoms with Crippen LogP contribution in [0.2, 0.25) is 0 Å². The Kier molecular flexibility index (Phi) is 8.81. The number of alkyl halides is 5. The first-order chi connectivity index (χ1) is 16.7. The number of hydrogen-bond donors (Lipinski definition) is 2. The van der Waals surface area contributed by atoms with Crippen molar-refractivity contribution in [1.82, 2.24) is 15.6 Å². The van der Waals surface area contributed by atoms with E-state index in [1.54, 1.807) is 19.2 Å². The maximum Gasteiger partial charge on any atom is 0.433 e. The summed E-state index contributed by atoms with van der Waals surface area (Å²) in [6.45, 7) is 1.13. The van der Waals surface area contributed by atoms with E-state index in [4.69, 9.17) is 0 Å². The number of halogens is 5. The topological polar surface area (TPSA) is 46.2 Å². The summed E-state index contributed by atoms with van der Waals surface area (Å²) in [5.41, 5.74) is 1.98. The van der Waals surface area contributed by atoms with Crippen LogP contribution in [0.3, 0.4) is 0 Å². The van der Waals surface area contributed by atoms with Crippen LogP contribution in [0, 0.1) is 0 Å². The minimum Gasteiger partial charge on any atom is -0.435 e. The standard InChI is InChI=1S/C26H26F5N3O/c1-17(32-2)24(19-7-4-3-5-8-19)34-22(20-9-6-10-21(15-20)35-25(27)28)13-11-18-12-14-23(33-16-18)26(29,30)31/h3-10,12,14-16,22,24-25,32,34H,1,11,13H2,2H3/t22-,24-/m0/s1. The summed E-state index contributed by atoms with van der Waals surface area (Å²) in [5, 5.41) is 6.57. The van der Waals surface area contributed by atoms with Gasteiger partial charge in [-0.05, 0) is 47.7 Å². The van der Waals surface area contributed by atoms with Crippen molar-refractivity contribution in [2.45, 2.75) is 37.7 Å². The molecule has 1 heterocycles. The van der Waals surface area contributed by atoms with Gasteiger partial charge in [0.1, 0.15) is 11.4 Å². The van der Waals surface area contributed by atoms with Crippen LogP contribution in [0.1, 0.15) is 40.9 Å². The average Bonchev–Trinajstić information content (AvgIpc) is 2.84. The van der Waals surface area contributed by atoms with E-state index >= 15 is 0 Å². The predicted molar refractivity (Wildman–Crippen MR) is 124 cm³/mol. The van der Waals surface area contributed by atoms with E-state index in [-0.39, 0.29) is 17.8 Å². The Morgan fingerprint density at radius 2 is 1.71 bits per heavy atom. The van der Waals surface area contributed by atoms with Gasteiger partial charge < -0.3 is 10.1 Å². The lowest BCUT2D eigenvalue weighted by Gasteiger charge is -2.28. The fraction of sp³-hybridized carbons (Fsp3) is 0.269. The van der Waals surface area contributed by atoms with Crippen molar-refractivity contribution < 1.29 is 26.7 Å². The molecule has 35 heavy (non-hydrogen) atoms. The minimum absolute atomic E-state index is 0.0178. The third kappa shape index (κ3) is 7.51. The van der Waals surface area contributed by atoms with Gasteiger partial charge >= 0.3 is 12.8 Å². The zero-order valence-corrected chi connectivity index (χ0v) is 19.0. The van der Waals surface area contributed by atoms with Crippen LogP contribution in [0.25, 0.3) is 0 Å². The molecule has 2 atom stereocenters. The maximum absolute atomic E-state index is 12.8. The molecule has 0 saturated heterocycles. The highest BCUT2D eigenvalue weighted by molar-refractivity contribution is 5.33. The summed E-state index contributed by atoms with van der Waals surface area (Å²) in [5.74, 6) is 0.0178. The molecule has 0 aliphatic rings. The van der Waals surface area contributed by atoms with Crippen LogP contribution in [-0.2, 0) is 12.6 Å². The van der Waals surface area contributed by atoms with Gasteiger partial charge in [-0.3, -0.25) is 10.3 Å². The van der Waals surface area contributed by atoms with E-state index in [0.29, 0.717) is 29.7 Å². The fourth-order valence-corrected chi connectivity index (χ4v) is 3.69. The largest absolute Gasteiger partial charge is 0.435 e. The van der Waals surface area contributed by atoms with Gasteiger partial charge in [0, 0.05) is 25.0 Å². The van der Waals surface area contributed by atoms with Crippen LogP contribution in [0.15, 0.2) is 85.2 Å². The molecule has 4 nitrogen and oxygen atoms in total. The van der Waals surface area contributed by atoms with Gasteiger partial charge in [0.15, 0.2) is 0 Å². The number of rotatable bonds is 11. The fourth-order valence-electron chi connectivity index (χ4n) is 3.69. The Labute approximate surface area is 200 Å². The molecule has 0 radical (unpaired) electrons. The van der Waals surface area contributed by atoms with E-state index in [1.165, 1.54) is 24.4 Å². The minimum atomic E-state index is -4.51. The number of aryl methyl sites for hydroxylation is 1. The number of nitrogens with zero attached hydrogens (tertiary/aromatic N) is 1. The van der Waals surface area contributed by atoms with Crippen molar-refractivity contribution in [2.75, 3.05) is 7.05 Å². The molecule has 3 aromatic rings. The SMILES string of the molecule is C=C(NC)[C@H](N[C@@H](CCc1ccc(C(F)(F)F)nc1)c1cccc(OC(F)F)c1)c1ccccc1. The second-order valence-electron chi connectivity index (χ2n) is 7.88. The van der Waals surface area contributed by atoms with Crippen LogP contribution in [0.4, 0.5) is 22.0 Å². The van der Waals surface area contributed by atoms with Crippen molar-refractivity contribution in [2.24, 2.45) is 0 Å². The Bertz CT molecular complexity index is 1090. The molecule has 2 N–H and O–H groups in total. The van der Waals surface area contributed by atoms with Crippen molar-refractivity contribution >= 4 is 0 Å². The first kappa shape index (κ1) is 26.2. The molecular formula is C26H26F5N3O. The second-order valence-corrected chi connectivity index (χ2v) is 7.88. The van der Waals surface area contributed by atoms with Gasteiger partial charge in [-0.15, -0.1) is 0 Å². The normalized spacial score (nSPS) is 13.3. The maximum atomic E-state index is 12.8. The molecule has 0 unspecified atom stereocenters. The Hall–Kier alpha value is -3.46. The summed E-state index contributed by atoms with van der Waals surface area (Å²) >= 11 is 0. The lowest BCUT2D eigenvalue weighted by Crippen LogP contribution is -2.31. The van der Waals surface area contributed by atoms with Crippen molar-refractivity contribution in [3.8, 4) is 5.75 Å². The number of nitrogens with one attached hydrogen (secondary N) is 2. The summed E-state index contributed by atoms with van der Waals surface area (Å²) in [7, 11) is 1.75. The Balaban J connectivity index is 1.88. The zero-order valence-electron chi connectivity index (χ0n) is 19.0. The van der Waals surface area contributed by atoms with Crippen LogP contribution < -0.4 is 15.4 Å². The molecule has 9 heteroatoms. The molecule has 0 aliphatic carbocycles. The van der Waals surface area contributed by atoms with Gasteiger partial charge in [-0.25, -0.2) is 0 Å². The first-order valence-electron chi connectivity index (χ1n) is 10.9. The lowest BCUT2D eigenvalue weighted by atomic mass is 9.96. The highest BCUT2D eigenvalue weighted by Crippen LogP contribution is 2.30. The third-order valence-corrected chi connectivity index (χ3v) is 5.49. The van der Waals surface area contributed by atoms with Gasteiger partial charge in [-0.2, -0.15) is 22.0 Å². The number of benzene rings is 2. The predicted octanol–water partition coefficient (Wildman–Crippen LogP) is 6.44. The highest BCUT2D eigenvalue weighted by atomic mass is 19.4. The molecule has 3 rings (SSSR count). The van der Waals surface area contributed by atoms with Gasteiger partial charge in [-0.1, -0.05) is 55.1 Å². The van der Waals surface area contributed by atoms with Crippen LogP contribution in [-0.4, -0.2) is 18.6 Å². The molecule has 0 aliphatic heterocycles. The van der Waals surface area contributed by atoms with Crippen molar-refractivity contribution in [3.63, 3.8) is 0 Å². The summed E-state index contributed by atoms with van der Waals surface area (Å²) in [6.07, 6.45) is -2.45. The first-order valence-corrected chi connectivity index (χ1v) is 10.9. The van der Waals surface area contributed by atoms with Gasteiger partial charge in [0.2, 0.25) is 0 Å². The second kappa shape index (κ2) is 11.8. The number of likely N-dealkylation sites (N-methyl/N-ethyl adjacent to an activating group) is 1. The molecule has 1 aromatic heterocycles. The summed E-state index contributed by atoms with van der Waals surface area (Å²) in [6, 6.07) is 17.6. The summed E-state index contributed by atoms with van der Waals surface area (Å²) in [4.78, 5) is 3.52. The molecule has 0 saturated carbocycles. The Morgan fingerprint density at radius 1 is 1.00 bits per heavy atom. The number of ether oxygens (including phenoxy) is 1. The van der Waals surface area contributed by atoms with Crippen molar-refractivity contribution in [3.05, 3.63) is 108 Å². The van der Waals surface area contributed by atoms with Crippen molar-refractivity contribution in [1.29, 1.82) is 0 Å². The third-order valence-electron chi connectivity index (χ3n) is 5.49. The molecule has 0 spiro atoms. The highest BCUT2D eigenvalue weighted by Gasteiger charge is 2.32. The van der Waals surface area contributed by atoms with E-state index in [0.717, 1.165) is 11.6 Å². The number of hydrogen-bond acceptors (Lipinski definition) is 4. The van der Waals surface area contributed by atoms with Gasteiger partial charge in [0.05, 0.1) is 6.04 Å². The van der Waals surface area contributed by atoms with E-state index in [9.17, 15) is 22.0 Å². The monoisotopic (exact) mass is 491 g/mol. The molecule has 186 valence electrons. The van der Waals surface area contributed by atoms with Crippen LogP contribution >= 0.6 is 0 Å². The molecule has 0 fully saturated rings. The quantitative estimate of drug-likeness (QED) is 0.303. The van der Waals surface area contributed by atoms with E-state index in [2.05, 4.69) is 26.9 Å². The molecule has 0 amide bonds. The van der Waals surface area contributed by atoms with E-state index < -0.39 is 18.5 Å². The number of pyridine rings is 1. The smallest absolute Gasteiger partial charge is 0.433 e. The van der Waals surface area contributed by atoms with E-state index in [1.807, 2.05) is 30.3 Å². The zero-order chi connectivity index (χ0) is 25.4. The molecular weight excluding hydrogens is 465 g/mol. The van der Waals surface area contributed by atoms with Gasteiger partial charge in [0.25, 0.3) is 0 Å². The molecule has 2 aromatic carbocycles. The van der Waals surface area contributed by atoms with Crippen LogP contribution in [0.5, 0.6) is 5.75 Å². The lowest BCUT2D eigenvalue weighted by molar-refractivity contribution is -0.141. The number of aromatic nitrogens is 1. The average molecular weight is 492 g/mol.